The Morgan fingerprint density at radius 1 is 1.24 bits per heavy atom. The Kier molecular flexibility index (Phi) is 6.37. The maximum Gasteiger partial charge on any atom is 0.121 e. The number of benzene rings is 1. The van der Waals surface area contributed by atoms with Gasteiger partial charge in [0.25, 0.3) is 0 Å². The van der Waals surface area contributed by atoms with E-state index in [0.717, 1.165) is 23.1 Å². The van der Waals surface area contributed by atoms with Crippen LogP contribution in [0, 0.1) is 0 Å². The van der Waals surface area contributed by atoms with Crippen molar-refractivity contribution in [2.75, 3.05) is 6.54 Å². The molecular weight excluding hydrogens is 325 g/mol. The first kappa shape index (κ1) is 16.6. The van der Waals surface area contributed by atoms with Crippen molar-refractivity contribution in [1.29, 1.82) is 0 Å². The molecule has 1 aromatic carbocycles. The molecule has 2 unspecified atom stereocenters. The Morgan fingerprint density at radius 2 is 2.05 bits per heavy atom. The molecule has 114 valence electrons. The molecule has 21 heavy (non-hydrogen) atoms. The molecule has 0 bridgehead atoms. The number of hydrogen-bond donors (Lipinski definition) is 1. The van der Waals surface area contributed by atoms with Gasteiger partial charge >= 0.3 is 0 Å². The minimum atomic E-state index is 0.0318. The van der Waals surface area contributed by atoms with Gasteiger partial charge in [0.2, 0.25) is 0 Å². The Labute approximate surface area is 140 Å². The highest BCUT2D eigenvalue weighted by Gasteiger charge is 2.19. The molecule has 0 fully saturated rings. The summed E-state index contributed by atoms with van der Waals surface area (Å²) >= 11 is 13.6. The van der Waals surface area contributed by atoms with Crippen molar-refractivity contribution >= 4 is 34.5 Å². The molecule has 0 aliphatic carbocycles. The van der Waals surface area contributed by atoms with E-state index < -0.39 is 0 Å². The minimum absolute atomic E-state index is 0.0318. The monoisotopic (exact) mass is 343 g/mol. The van der Waals surface area contributed by atoms with Crippen LogP contribution in [0.15, 0.2) is 36.4 Å². The Bertz CT molecular complexity index is 573. The zero-order valence-electron chi connectivity index (χ0n) is 12.1. The average molecular weight is 344 g/mol. The largest absolute Gasteiger partial charge is 0.489 e. The van der Waals surface area contributed by atoms with Crippen LogP contribution in [0.5, 0.6) is 5.75 Å². The van der Waals surface area contributed by atoms with Crippen molar-refractivity contribution in [3.63, 3.8) is 0 Å². The van der Waals surface area contributed by atoms with Crippen molar-refractivity contribution < 1.29 is 4.74 Å². The fourth-order valence-electron chi connectivity index (χ4n) is 2.18. The van der Waals surface area contributed by atoms with Crippen LogP contribution in [-0.2, 0) is 6.42 Å². The molecule has 0 radical (unpaired) electrons. The summed E-state index contributed by atoms with van der Waals surface area (Å²) in [6, 6.07) is 11.7. The molecule has 1 N–H and O–H groups in total. The Hall–Kier alpha value is -0.740. The molecule has 0 aliphatic rings. The molecule has 2 atom stereocenters. The first-order valence-corrected chi connectivity index (χ1v) is 8.55. The quantitative estimate of drug-likeness (QED) is 0.759. The van der Waals surface area contributed by atoms with Gasteiger partial charge in [0.1, 0.15) is 11.9 Å². The van der Waals surface area contributed by atoms with E-state index in [4.69, 9.17) is 27.9 Å². The van der Waals surface area contributed by atoms with E-state index in [1.54, 1.807) is 11.3 Å². The summed E-state index contributed by atoms with van der Waals surface area (Å²) in [6.45, 7) is 5.07. The predicted octanol–water partition coefficient (Wildman–Crippen LogP) is 5.04. The van der Waals surface area contributed by atoms with E-state index in [1.807, 2.05) is 30.3 Å². The normalized spacial score (nSPS) is 13.9. The fourth-order valence-corrected chi connectivity index (χ4v) is 3.51. The molecular formula is C16H19Cl2NOS. The lowest BCUT2D eigenvalue weighted by Gasteiger charge is -2.25. The third-order valence-corrected chi connectivity index (χ3v) is 4.69. The summed E-state index contributed by atoms with van der Waals surface area (Å²) in [5, 5.41) is 4.17. The highest BCUT2D eigenvalue weighted by molar-refractivity contribution is 7.16. The van der Waals surface area contributed by atoms with Gasteiger partial charge in [-0.15, -0.1) is 11.3 Å². The molecule has 2 nitrogen and oxygen atoms in total. The van der Waals surface area contributed by atoms with Crippen LogP contribution in [-0.4, -0.2) is 18.7 Å². The summed E-state index contributed by atoms with van der Waals surface area (Å²) in [5.41, 5.74) is 0. The van der Waals surface area contributed by atoms with Crippen LogP contribution in [0.3, 0.4) is 0 Å². The van der Waals surface area contributed by atoms with E-state index in [0.29, 0.717) is 5.02 Å². The molecule has 2 rings (SSSR count). The van der Waals surface area contributed by atoms with E-state index >= 15 is 0 Å². The van der Waals surface area contributed by atoms with Gasteiger partial charge in [-0.2, -0.15) is 0 Å². The van der Waals surface area contributed by atoms with Crippen molar-refractivity contribution in [3.05, 3.63) is 50.6 Å². The number of hydrogen-bond acceptors (Lipinski definition) is 3. The van der Waals surface area contributed by atoms with Crippen molar-refractivity contribution in [3.8, 4) is 5.75 Å². The van der Waals surface area contributed by atoms with Crippen LogP contribution in [0.25, 0.3) is 0 Å². The molecule has 0 spiro atoms. The SMILES string of the molecule is CCNC(Cc1ccc(Cl)s1)C(C)Oc1cccc(Cl)c1. The van der Waals surface area contributed by atoms with Gasteiger partial charge in [0.15, 0.2) is 0 Å². The van der Waals surface area contributed by atoms with Gasteiger partial charge in [-0.1, -0.05) is 36.2 Å². The van der Waals surface area contributed by atoms with E-state index in [1.165, 1.54) is 4.88 Å². The lowest BCUT2D eigenvalue weighted by atomic mass is 10.1. The standard InChI is InChI=1S/C16H19Cl2NOS/c1-3-19-15(10-14-7-8-16(18)21-14)11(2)20-13-6-4-5-12(17)9-13/h4-9,11,15,19H,3,10H2,1-2H3. The topological polar surface area (TPSA) is 21.3 Å². The number of halogens is 2. The van der Waals surface area contributed by atoms with Crippen LogP contribution in [0.4, 0.5) is 0 Å². The molecule has 0 saturated carbocycles. The second-order valence-electron chi connectivity index (χ2n) is 4.85. The van der Waals surface area contributed by atoms with Gasteiger partial charge < -0.3 is 10.1 Å². The van der Waals surface area contributed by atoms with Gasteiger partial charge in [-0.25, -0.2) is 0 Å². The smallest absolute Gasteiger partial charge is 0.121 e. The van der Waals surface area contributed by atoms with Gasteiger partial charge in [0.05, 0.1) is 4.34 Å². The third-order valence-electron chi connectivity index (χ3n) is 3.20. The summed E-state index contributed by atoms with van der Waals surface area (Å²) in [7, 11) is 0. The average Bonchev–Trinajstić information content (AvgIpc) is 2.84. The molecule has 0 amide bonds. The fraction of sp³-hybridized carbons (Fsp3) is 0.375. The molecule has 0 saturated heterocycles. The first-order valence-electron chi connectivity index (χ1n) is 6.98. The Morgan fingerprint density at radius 3 is 2.67 bits per heavy atom. The lowest BCUT2D eigenvalue weighted by Crippen LogP contribution is -2.42. The maximum absolute atomic E-state index is 6.01. The number of thiophene rings is 1. The van der Waals surface area contributed by atoms with Crippen LogP contribution >= 0.6 is 34.5 Å². The van der Waals surface area contributed by atoms with Gasteiger partial charge in [-0.3, -0.25) is 0 Å². The number of rotatable bonds is 7. The van der Waals surface area contributed by atoms with E-state index in [2.05, 4.69) is 25.2 Å². The number of likely N-dealkylation sites (N-methyl/N-ethyl adjacent to an activating group) is 1. The highest BCUT2D eigenvalue weighted by Crippen LogP contribution is 2.24. The molecule has 0 aliphatic heterocycles. The van der Waals surface area contributed by atoms with Gasteiger partial charge in [-0.05, 0) is 43.8 Å². The summed E-state index contributed by atoms with van der Waals surface area (Å²) < 4.78 is 6.84. The maximum atomic E-state index is 6.01. The van der Waals surface area contributed by atoms with Crippen molar-refractivity contribution in [2.24, 2.45) is 0 Å². The summed E-state index contributed by atoms with van der Waals surface area (Å²) in [6.07, 6.45) is 0.928. The Balaban J connectivity index is 2.02. The molecule has 2 aromatic rings. The van der Waals surface area contributed by atoms with Crippen molar-refractivity contribution in [2.45, 2.75) is 32.4 Å². The second-order valence-corrected chi connectivity index (χ2v) is 7.09. The predicted molar refractivity (Wildman–Crippen MR) is 92.0 cm³/mol. The van der Waals surface area contributed by atoms with E-state index in [9.17, 15) is 0 Å². The summed E-state index contributed by atoms with van der Waals surface area (Å²) in [5.74, 6) is 0.794. The van der Waals surface area contributed by atoms with Crippen LogP contribution in [0.2, 0.25) is 9.36 Å². The number of nitrogens with one attached hydrogen (secondary N) is 1. The van der Waals surface area contributed by atoms with Crippen LogP contribution in [0.1, 0.15) is 18.7 Å². The number of ether oxygens (including phenoxy) is 1. The summed E-state index contributed by atoms with van der Waals surface area (Å²) in [4.78, 5) is 1.26. The molecule has 5 heteroatoms. The third kappa shape index (κ3) is 5.19. The van der Waals surface area contributed by atoms with Crippen molar-refractivity contribution in [1.82, 2.24) is 5.32 Å². The second kappa shape index (κ2) is 8.04. The minimum Gasteiger partial charge on any atom is -0.489 e. The van der Waals surface area contributed by atoms with Gasteiger partial charge in [0, 0.05) is 22.4 Å². The molecule has 1 heterocycles. The zero-order valence-corrected chi connectivity index (χ0v) is 14.4. The first-order chi connectivity index (χ1) is 10.1. The highest BCUT2D eigenvalue weighted by atomic mass is 35.5. The zero-order chi connectivity index (χ0) is 15.2. The lowest BCUT2D eigenvalue weighted by molar-refractivity contribution is 0.171. The van der Waals surface area contributed by atoms with E-state index in [-0.39, 0.29) is 12.1 Å². The molecule has 1 aromatic heterocycles. The van der Waals surface area contributed by atoms with Crippen LogP contribution < -0.4 is 10.1 Å².